The van der Waals surface area contributed by atoms with E-state index in [-0.39, 0.29) is 35.8 Å². The van der Waals surface area contributed by atoms with Gasteiger partial charge in [0.05, 0.1) is 7.11 Å². The van der Waals surface area contributed by atoms with Crippen molar-refractivity contribution in [2.75, 3.05) is 51.3 Å². The Bertz CT molecular complexity index is 681. The summed E-state index contributed by atoms with van der Waals surface area (Å²) in [5.41, 5.74) is 1.21. The summed E-state index contributed by atoms with van der Waals surface area (Å²) >= 11 is 0. The molecule has 162 valence electrons. The summed E-state index contributed by atoms with van der Waals surface area (Å²) in [6, 6.07) is 8.24. The molecule has 0 aromatic heterocycles. The van der Waals surface area contributed by atoms with Gasteiger partial charge in [0.2, 0.25) is 5.91 Å². The molecule has 1 aliphatic carbocycles. The van der Waals surface area contributed by atoms with Gasteiger partial charge in [-0.2, -0.15) is 0 Å². The zero-order valence-electron chi connectivity index (χ0n) is 17.4. The lowest BCUT2D eigenvalue weighted by molar-refractivity contribution is -0.122. The normalized spacial score (nSPS) is 18.8. The molecule has 0 spiro atoms. The number of hydrogen-bond acceptors (Lipinski definition) is 4. The summed E-state index contributed by atoms with van der Waals surface area (Å²) in [5, 5.41) is 9.57. The summed E-state index contributed by atoms with van der Waals surface area (Å²) < 4.78 is 5.33. The first-order valence-electron chi connectivity index (χ1n) is 10.4. The summed E-state index contributed by atoms with van der Waals surface area (Å²) in [6.45, 7) is 7.05. The third kappa shape index (κ3) is 7.56. The van der Waals surface area contributed by atoms with E-state index >= 15 is 0 Å². The molecule has 1 saturated carbocycles. The predicted octanol–water partition coefficient (Wildman–Crippen LogP) is 2.22. The number of anilines is 1. The van der Waals surface area contributed by atoms with Crippen molar-refractivity contribution >= 4 is 41.5 Å². The maximum absolute atomic E-state index is 11.7. The number of carbonyl (C=O) groups is 1. The van der Waals surface area contributed by atoms with Gasteiger partial charge in [0.25, 0.3) is 0 Å². The Labute approximate surface area is 191 Å². The molecule has 3 rings (SSSR count). The Morgan fingerprint density at radius 3 is 2.72 bits per heavy atom. The third-order valence-corrected chi connectivity index (χ3v) is 5.22. The van der Waals surface area contributed by atoms with Gasteiger partial charge in [0.1, 0.15) is 5.75 Å². The van der Waals surface area contributed by atoms with Crippen LogP contribution >= 0.6 is 24.0 Å². The highest BCUT2D eigenvalue weighted by Gasteiger charge is 2.29. The minimum absolute atomic E-state index is 0. The summed E-state index contributed by atoms with van der Waals surface area (Å²) in [5.74, 6) is 2.70. The van der Waals surface area contributed by atoms with Crippen LogP contribution < -0.4 is 25.6 Å². The third-order valence-electron chi connectivity index (χ3n) is 5.22. The Hall–Kier alpha value is -1.71. The second-order valence-corrected chi connectivity index (χ2v) is 7.51. The van der Waals surface area contributed by atoms with Crippen molar-refractivity contribution in [3.05, 3.63) is 24.3 Å². The van der Waals surface area contributed by atoms with Crippen LogP contribution in [0, 0.1) is 11.8 Å². The van der Waals surface area contributed by atoms with Crippen LogP contribution in [0.3, 0.4) is 0 Å². The van der Waals surface area contributed by atoms with Gasteiger partial charge in [-0.05, 0) is 44.2 Å². The molecule has 7 nitrogen and oxygen atoms in total. The molecule has 1 amide bonds. The van der Waals surface area contributed by atoms with E-state index in [9.17, 15) is 4.79 Å². The van der Waals surface area contributed by atoms with Crippen LogP contribution in [0.2, 0.25) is 0 Å². The fourth-order valence-electron chi connectivity index (χ4n) is 3.44. The highest BCUT2D eigenvalue weighted by Crippen LogP contribution is 2.28. The maximum atomic E-state index is 11.7. The van der Waals surface area contributed by atoms with E-state index in [1.54, 1.807) is 7.11 Å². The molecule has 1 atom stereocenters. The highest BCUT2D eigenvalue weighted by molar-refractivity contribution is 14.0. The molecule has 1 aliphatic heterocycles. The van der Waals surface area contributed by atoms with E-state index in [1.165, 1.54) is 5.69 Å². The number of benzene rings is 1. The number of aliphatic imine (C=N–C) groups is 1. The van der Waals surface area contributed by atoms with Crippen LogP contribution in [-0.4, -0.2) is 58.2 Å². The van der Waals surface area contributed by atoms with Crippen molar-refractivity contribution in [1.29, 1.82) is 0 Å². The summed E-state index contributed by atoms with van der Waals surface area (Å²) in [7, 11) is 1.70. The molecule has 3 N–H and O–H groups in total. The molecule has 2 fully saturated rings. The first-order valence-corrected chi connectivity index (χ1v) is 10.4. The van der Waals surface area contributed by atoms with Crippen LogP contribution in [-0.2, 0) is 4.79 Å². The van der Waals surface area contributed by atoms with Gasteiger partial charge in [-0.1, -0.05) is 6.07 Å². The van der Waals surface area contributed by atoms with Crippen LogP contribution in [0.4, 0.5) is 5.69 Å². The Kier molecular flexibility index (Phi) is 9.83. The van der Waals surface area contributed by atoms with Crippen LogP contribution in [0.1, 0.15) is 26.2 Å². The van der Waals surface area contributed by atoms with E-state index in [0.717, 1.165) is 57.2 Å². The molecule has 1 aromatic carbocycles. The number of nitrogens with one attached hydrogen (secondary N) is 3. The molecule has 0 bridgehead atoms. The van der Waals surface area contributed by atoms with Gasteiger partial charge in [-0.15, -0.1) is 24.0 Å². The number of methoxy groups -OCH3 is 1. The number of ether oxygens (including phenoxy) is 1. The minimum Gasteiger partial charge on any atom is -0.497 e. The van der Waals surface area contributed by atoms with Gasteiger partial charge in [-0.25, -0.2) is 0 Å². The van der Waals surface area contributed by atoms with E-state index in [1.807, 2.05) is 12.1 Å². The molecule has 1 saturated heterocycles. The summed E-state index contributed by atoms with van der Waals surface area (Å²) in [6.07, 6.45) is 3.21. The largest absolute Gasteiger partial charge is 0.497 e. The molecule has 2 aliphatic rings. The number of carbonyl (C=O) groups excluding carboxylic acids is 1. The first kappa shape index (κ1) is 23.6. The van der Waals surface area contributed by atoms with Gasteiger partial charge >= 0.3 is 0 Å². The van der Waals surface area contributed by atoms with Crippen molar-refractivity contribution in [2.45, 2.75) is 26.2 Å². The van der Waals surface area contributed by atoms with Gasteiger partial charge in [-0.3, -0.25) is 9.79 Å². The average Bonchev–Trinajstić information content (AvgIpc) is 3.47. The number of rotatable bonds is 9. The lowest BCUT2D eigenvalue weighted by Gasteiger charge is -2.19. The standard InChI is InChI=1S/C21H33N5O2.HI/c1-3-22-21(24-11-10-23-20(27)17-7-8-17)25-14-16-9-12-26(15-16)18-5-4-6-19(13-18)28-2;/h4-6,13,16-17H,3,7-12,14-15H2,1-2H3,(H,23,27)(H2,22,24,25);1H. The quantitative estimate of drug-likeness (QED) is 0.204. The second-order valence-electron chi connectivity index (χ2n) is 7.51. The van der Waals surface area contributed by atoms with Crippen LogP contribution in [0.25, 0.3) is 0 Å². The van der Waals surface area contributed by atoms with Crippen molar-refractivity contribution in [1.82, 2.24) is 16.0 Å². The number of amides is 1. The van der Waals surface area contributed by atoms with E-state index in [2.05, 4.69) is 39.9 Å². The SMILES string of the molecule is CCNC(=NCC1CCN(c2cccc(OC)c2)C1)NCCNC(=O)C1CC1.I. The fraction of sp³-hybridized carbons (Fsp3) is 0.619. The van der Waals surface area contributed by atoms with Crippen molar-refractivity contribution in [3.63, 3.8) is 0 Å². The lowest BCUT2D eigenvalue weighted by Crippen LogP contribution is -2.42. The van der Waals surface area contributed by atoms with Gasteiger partial charge in [0, 0.05) is 56.9 Å². The number of guanidine groups is 1. The average molecular weight is 515 g/mol. The molecular weight excluding hydrogens is 481 g/mol. The number of hydrogen-bond donors (Lipinski definition) is 3. The maximum Gasteiger partial charge on any atom is 0.223 e. The topological polar surface area (TPSA) is 78.0 Å². The molecule has 8 heteroatoms. The first-order chi connectivity index (χ1) is 13.7. The molecule has 1 heterocycles. The highest BCUT2D eigenvalue weighted by atomic mass is 127. The Balaban J connectivity index is 0.00000300. The monoisotopic (exact) mass is 515 g/mol. The van der Waals surface area contributed by atoms with Crippen molar-refractivity contribution in [3.8, 4) is 5.75 Å². The molecule has 0 radical (unpaired) electrons. The Morgan fingerprint density at radius 2 is 2.00 bits per heavy atom. The fourth-order valence-corrected chi connectivity index (χ4v) is 3.44. The van der Waals surface area contributed by atoms with Crippen LogP contribution in [0.15, 0.2) is 29.3 Å². The molecular formula is C21H34IN5O2. The molecule has 1 aromatic rings. The van der Waals surface area contributed by atoms with E-state index in [4.69, 9.17) is 9.73 Å². The van der Waals surface area contributed by atoms with E-state index < -0.39 is 0 Å². The van der Waals surface area contributed by atoms with Gasteiger partial charge in [0.15, 0.2) is 5.96 Å². The number of halogens is 1. The van der Waals surface area contributed by atoms with Crippen molar-refractivity contribution < 1.29 is 9.53 Å². The lowest BCUT2D eigenvalue weighted by atomic mass is 10.1. The van der Waals surface area contributed by atoms with Crippen molar-refractivity contribution in [2.24, 2.45) is 16.8 Å². The minimum atomic E-state index is 0. The summed E-state index contributed by atoms with van der Waals surface area (Å²) in [4.78, 5) is 18.8. The Morgan fingerprint density at radius 1 is 1.21 bits per heavy atom. The second kappa shape index (κ2) is 12.1. The molecule has 1 unspecified atom stereocenters. The van der Waals surface area contributed by atoms with Crippen LogP contribution in [0.5, 0.6) is 5.75 Å². The zero-order valence-corrected chi connectivity index (χ0v) is 19.8. The smallest absolute Gasteiger partial charge is 0.223 e. The van der Waals surface area contributed by atoms with Gasteiger partial charge < -0.3 is 25.6 Å². The number of nitrogens with zero attached hydrogens (tertiary/aromatic N) is 2. The van der Waals surface area contributed by atoms with E-state index in [0.29, 0.717) is 19.0 Å². The predicted molar refractivity (Wildman–Crippen MR) is 128 cm³/mol. The molecule has 29 heavy (non-hydrogen) atoms. The zero-order chi connectivity index (χ0) is 19.8.